The standard InChI is InChI=1S/C22H17NO4/c24-22(23-12-15-13-25-19-7-3-4-8-20(19)26-15)21-11-17-16-6-2-1-5-14(16)9-10-18(17)27-21/h1-11,15H,12-13H2,(H,23,24)/t15-/m0/s1. The molecule has 1 N–H and O–H groups in total. The van der Waals surface area contributed by atoms with Gasteiger partial charge in [-0.2, -0.15) is 0 Å². The van der Waals surface area contributed by atoms with Gasteiger partial charge in [-0.05, 0) is 35.0 Å². The van der Waals surface area contributed by atoms with Gasteiger partial charge in [0.2, 0.25) is 0 Å². The van der Waals surface area contributed by atoms with Crippen LogP contribution < -0.4 is 14.8 Å². The molecule has 0 spiro atoms. The van der Waals surface area contributed by atoms with E-state index in [0.717, 1.165) is 21.9 Å². The van der Waals surface area contributed by atoms with Crippen LogP contribution in [0.15, 0.2) is 71.1 Å². The van der Waals surface area contributed by atoms with Gasteiger partial charge < -0.3 is 19.2 Å². The van der Waals surface area contributed by atoms with Crippen LogP contribution in [0.4, 0.5) is 0 Å². The van der Waals surface area contributed by atoms with Crippen LogP contribution in [-0.2, 0) is 0 Å². The predicted molar refractivity (Wildman–Crippen MR) is 102 cm³/mol. The molecule has 5 nitrogen and oxygen atoms in total. The highest BCUT2D eigenvalue weighted by Gasteiger charge is 2.22. The molecule has 1 aliphatic rings. The third kappa shape index (κ3) is 2.87. The maximum absolute atomic E-state index is 12.5. The van der Waals surface area contributed by atoms with Gasteiger partial charge in [-0.1, -0.05) is 42.5 Å². The Kier molecular flexibility index (Phi) is 3.71. The molecule has 0 saturated carbocycles. The van der Waals surface area contributed by atoms with Crippen molar-refractivity contribution < 1.29 is 18.7 Å². The number of furan rings is 1. The number of nitrogens with one attached hydrogen (secondary N) is 1. The number of ether oxygens (including phenoxy) is 2. The van der Waals surface area contributed by atoms with E-state index in [1.807, 2.05) is 60.7 Å². The van der Waals surface area contributed by atoms with Crippen LogP contribution in [-0.4, -0.2) is 25.2 Å². The van der Waals surface area contributed by atoms with Crippen molar-refractivity contribution in [3.63, 3.8) is 0 Å². The van der Waals surface area contributed by atoms with E-state index in [1.54, 1.807) is 6.07 Å². The molecule has 5 rings (SSSR count). The summed E-state index contributed by atoms with van der Waals surface area (Å²) in [7, 11) is 0. The smallest absolute Gasteiger partial charge is 0.287 e. The van der Waals surface area contributed by atoms with Crippen LogP contribution in [0.1, 0.15) is 10.6 Å². The fourth-order valence-corrected chi connectivity index (χ4v) is 3.36. The second-order valence-corrected chi connectivity index (χ2v) is 6.52. The van der Waals surface area contributed by atoms with Crippen molar-refractivity contribution in [1.82, 2.24) is 5.32 Å². The summed E-state index contributed by atoms with van der Waals surface area (Å²) >= 11 is 0. The first-order valence-corrected chi connectivity index (χ1v) is 8.86. The van der Waals surface area contributed by atoms with Crippen LogP contribution in [0, 0.1) is 0 Å². The summed E-state index contributed by atoms with van der Waals surface area (Å²) in [5, 5.41) is 5.99. The Morgan fingerprint density at radius 2 is 1.78 bits per heavy atom. The number of hydrogen-bond acceptors (Lipinski definition) is 4. The summed E-state index contributed by atoms with van der Waals surface area (Å²) in [6.45, 7) is 0.729. The number of para-hydroxylation sites is 2. The molecule has 134 valence electrons. The third-order valence-electron chi connectivity index (χ3n) is 4.71. The lowest BCUT2D eigenvalue weighted by Crippen LogP contribution is -2.40. The van der Waals surface area contributed by atoms with Gasteiger partial charge in [-0.3, -0.25) is 4.79 Å². The number of amides is 1. The molecular formula is C22H17NO4. The van der Waals surface area contributed by atoms with E-state index in [2.05, 4.69) is 5.32 Å². The van der Waals surface area contributed by atoms with Crippen molar-refractivity contribution in [3.8, 4) is 11.5 Å². The fraction of sp³-hybridized carbons (Fsp3) is 0.136. The molecule has 1 aliphatic heterocycles. The lowest BCUT2D eigenvalue weighted by atomic mass is 10.1. The van der Waals surface area contributed by atoms with E-state index < -0.39 is 0 Å². The van der Waals surface area contributed by atoms with Crippen molar-refractivity contribution in [2.24, 2.45) is 0 Å². The maximum atomic E-state index is 12.5. The number of fused-ring (bicyclic) bond motifs is 4. The summed E-state index contributed by atoms with van der Waals surface area (Å²) in [6.07, 6.45) is -0.242. The number of rotatable bonds is 3. The summed E-state index contributed by atoms with van der Waals surface area (Å²) in [5.41, 5.74) is 0.699. The van der Waals surface area contributed by atoms with Crippen LogP contribution in [0.3, 0.4) is 0 Å². The van der Waals surface area contributed by atoms with Gasteiger partial charge in [0, 0.05) is 5.39 Å². The van der Waals surface area contributed by atoms with Gasteiger partial charge >= 0.3 is 0 Å². The van der Waals surface area contributed by atoms with Gasteiger partial charge in [-0.15, -0.1) is 0 Å². The molecule has 0 fully saturated rings. The highest BCUT2D eigenvalue weighted by atomic mass is 16.6. The second-order valence-electron chi connectivity index (χ2n) is 6.52. The summed E-state index contributed by atoms with van der Waals surface area (Å²) < 4.78 is 17.3. The SMILES string of the molecule is O=C(NC[C@H]1COc2ccccc2O1)c1cc2c(ccc3ccccc32)o1. The molecule has 1 amide bonds. The fourth-order valence-electron chi connectivity index (χ4n) is 3.36. The molecule has 0 unspecified atom stereocenters. The Morgan fingerprint density at radius 3 is 2.70 bits per heavy atom. The molecule has 0 saturated heterocycles. The summed E-state index contributed by atoms with van der Waals surface area (Å²) in [4.78, 5) is 12.5. The first-order valence-electron chi connectivity index (χ1n) is 8.86. The van der Waals surface area contributed by atoms with Gasteiger partial charge in [0.25, 0.3) is 5.91 Å². The largest absolute Gasteiger partial charge is 0.486 e. The van der Waals surface area contributed by atoms with Crippen molar-refractivity contribution in [1.29, 1.82) is 0 Å². The predicted octanol–water partition coefficient (Wildman–Crippen LogP) is 4.16. The van der Waals surface area contributed by atoms with Crippen molar-refractivity contribution in [2.45, 2.75) is 6.10 Å². The summed E-state index contributed by atoms with van der Waals surface area (Å²) in [6, 6.07) is 21.2. The van der Waals surface area contributed by atoms with Crippen molar-refractivity contribution >= 4 is 27.6 Å². The Labute approximate surface area is 155 Å². The van der Waals surface area contributed by atoms with Gasteiger partial charge in [0.05, 0.1) is 6.54 Å². The Hall–Kier alpha value is -3.47. The van der Waals surface area contributed by atoms with E-state index in [4.69, 9.17) is 13.9 Å². The normalized spacial score (nSPS) is 15.8. The Bertz CT molecular complexity index is 1150. The monoisotopic (exact) mass is 359 g/mol. The number of benzene rings is 3. The summed E-state index contributed by atoms with van der Waals surface area (Å²) in [5.74, 6) is 1.44. The number of hydrogen-bond donors (Lipinski definition) is 1. The average molecular weight is 359 g/mol. The number of carbonyl (C=O) groups is 1. The molecule has 0 aliphatic carbocycles. The van der Waals surface area contributed by atoms with Crippen LogP contribution in [0.5, 0.6) is 11.5 Å². The average Bonchev–Trinajstić information content (AvgIpc) is 3.17. The lowest BCUT2D eigenvalue weighted by molar-refractivity contribution is 0.0774. The zero-order valence-electron chi connectivity index (χ0n) is 14.5. The van der Waals surface area contributed by atoms with E-state index in [1.165, 1.54) is 0 Å². The van der Waals surface area contributed by atoms with Gasteiger partial charge in [0.15, 0.2) is 17.3 Å². The molecule has 3 aromatic carbocycles. The molecule has 1 aromatic heterocycles. The van der Waals surface area contributed by atoms with Crippen molar-refractivity contribution in [3.05, 3.63) is 72.5 Å². The molecule has 27 heavy (non-hydrogen) atoms. The zero-order chi connectivity index (χ0) is 18.2. The maximum Gasteiger partial charge on any atom is 0.287 e. The van der Waals surface area contributed by atoms with Crippen molar-refractivity contribution in [2.75, 3.05) is 13.2 Å². The first kappa shape index (κ1) is 15.8. The minimum Gasteiger partial charge on any atom is -0.486 e. The van der Waals surface area contributed by atoms with Crippen LogP contribution in [0.25, 0.3) is 21.7 Å². The minimum absolute atomic E-state index is 0.242. The Morgan fingerprint density at radius 1 is 0.963 bits per heavy atom. The van der Waals surface area contributed by atoms with Gasteiger partial charge in [0.1, 0.15) is 18.3 Å². The lowest BCUT2D eigenvalue weighted by Gasteiger charge is -2.26. The number of carbonyl (C=O) groups excluding carboxylic acids is 1. The van der Waals surface area contributed by atoms with E-state index in [0.29, 0.717) is 30.2 Å². The topological polar surface area (TPSA) is 60.7 Å². The molecule has 2 heterocycles. The highest BCUT2D eigenvalue weighted by Crippen LogP contribution is 2.31. The van der Waals surface area contributed by atoms with Crippen LogP contribution in [0.2, 0.25) is 0 Å². The highest BCUT2D eigenvalue weighted by molar-refractivity contribution is 6.08. The van der Waals surface area contributed by atoms with E-state index in [9.17, 15) is 4.79 Å². The minimum atomic E-state index is -0.266. The molecule has 4 aromatic rings. The quantitative estimate of drug-likeness (QED) is 0.597. The van der Waals surface area contributed by atoms with E-state index >= 15 is 0 Å². The van der Waals surface area contributed by atoms with E-state index in [-0.39, 0.29) is 12.0 Å². The molecule has 0 radical (unpaired) electrons. The Balaban J connectivity index is 1.32. The second kappa shape index (κ2) is 6.36. The zero-order valence-corrected chi connectivity index (χ0v) is 14.5. The first-order chi connectivity index (χ1) is 13.3. The third-order valence-corrected chi connectivity index (χ3v) is 4.71. The molecule has 5 heteroatoms. The van der Waals surface area contributed by atoms with Gasteiger partial charge in [-0.25, -0.2) is 0 Å². The van der Waals surface area contributed by atoms with Crippen LogP contribution >= 0.6 is 0 Å². The molecule has 0 bridgehead atoms. The molecular weight excluding hydrogens is 342 g/mol. The molecule has 1 atom stereocenters.